The first-order valence-electron chi connectivity index (χ1n) is 7.48. The Kier molecular flexibility index (Phi) is 6.56. The van der Waals surface area contributed by atoms with E-state index in [-0.39, 0.29) is 16.3 Å². The second-order valence-corrected chi connectivity index (χ2v) is 5.49. The van der Waals surface area contributed by atoms with Crippen LogP contribution in [0.25, 0.3) is 0 Å². The molecule has 2 rings (SSSR count). The normalized spacial score (nSPS) is 10.5. The molecule has 10 heteroatoms. The van der Waals surface area contributed by atoms with Crippen LogP contribution in [-0.4, -0.2) is 38.4 Å². The van der Waals surface area contributed by atoms with Crippen LogP contribution >= 0.6 is 11.6 Å². The Bertz CT molecular complexity index is 875. The molecule has 1 amide bonds. The number of rotatable bonds is 7. The number of halogens is 1. The van der Waals surface area contributed by atoms with Crippen LogP contribution < -0.4 is 19.6 Å². The van der Waals surface area contributed by atoms with Crippen LogP contribution in [0.3, 0.4) is 0 Å². The maximum absolute atomic E-state index is 12.1. The second kappa shape index (κ2) is 8.86. The standard InChI is InChI=1S/C17H16ClN3O6/c1-25-14-6-10(7-15(26-2)16(14)27-3)9-19-20-17(22)12-5-4-11(21(23)24)8-13(12)18/h4-9H,1-3H3,(H,20,22)/b19-9-. The Hall–Kier alpha value is -3.33. The fraction of sp³-hybridized carbons (Fsp3) is 0.176. The minimum Gasteiger partial charge on any atom is -0.493 e. The Morgan fingerprint density at radius 3 is 2.26 bits per heavy atom. The SMILES string of the molecule is COc1cc(/C=N\NC(=O)c2ccc([N+](=O)[O-])cc2Cl)cc(OC)c1OC. The van der Waals surface area contributed by atoms with E-state index in [4.69, 9.17) is 25.8 Å². The molecule has 0 unspecified atom stereocenters. The number of hydrogen-bond donors (Lipinski definition) is 1. The molecule has 0 aromatic heterocycles. The van der Waals surface area contributed by atoms with Gasteiger partial charge in [-0.05, 0) is 18.2 Å². The number of ether oxygens (including phenoxy) is 3. The zero-order valence-electron chi connectivity index (χ0n) is 14.7. The molecule has 0 radical (unpaired) electrons. The van der Waals surface area contributed by atoms with E-state index in [1.807, 2.05) is 0 Å². The lowest BCUT2D eigenvalue weighted by Gasteiger charge is -2.12. The number of nitro benzene ring substituents is 1. The van der Waals surface area contributed by atoms with Crippen molar-refractivity contribution in [3.05, 3.63) is 56.6 Å². The second-order valence-electron chi connectivity index (χ2n) is 5.08. The molecule has 0 bridgehead atoms. The number of nitrogens with zero attached hydrogens (tertiary/aromatic N) is 2. The van der Waals surface area contributed by atoms with E-state index in [2.05, 4.69) is 10.5 Å². The Morgan fingerprint density at radius 2 is 1.78 bits per heavy atom. The van der Waals surface area contributed by atoms with Gasteiger partial charge < -0.3 is 14.2 Å². The van der Waals surface area contributed by atoms with Crippen LogP contribution in [0.15, 0.2) is 35.4 Å². The number of methoxy groups -OCH3 is 3. The summed E-state index contributed by atoms with van der Waals surface area (Å²) in [6.45, 7) is 0. The lowest BCUT2D eigenvalue weighted by Crippen LogP contribution is -2.18. The van der Waals surface area contributed by atoms with Gasteiger partial charge in [-0.1, -0.05) is 11.6 Å². The van der Waals surface area contributed by atoms with Gasteiger partial charge in [0.2, 0.25) is 5.75 Å². The molecule has 142 valence electrons. The maximum Gasteiger partial charge on any atom is 0.272 e. The van der Waals surface area contributed by atoms with Gasteiger partial charge >= 0.3 is 0 Å². The van der Waals surface area contributed by atoms with E-state index in [0.717, 1.165) is 6.07 Å². The monoisotopic (exact) mass is 393 g/mol. The zero-order valence-corrected chi connectivity index (χ0v) is 15.4. The van der Waals surface area contributed by atoms with Gasteiger partial charge in [-0.15, -0.1) is 0 Å². The van der Waals surface area contributed by atoms with Gasteiger partial charge in [0.05, 0.1) is 43.1 Å². The number of benzene rings is 2. The van der Waals surface area contributed by atoms with Crippen molar-refractivity contribution in [3.8, 4) is 17.2 Å². The quantitative estimate of drug-likeness (QED) is 0.439. The minimum atomic E-state index is -0.612. The van der Waals surface area contributed by atoms with Gasteiger partial charge in [0.1, 0.15) is 0 Å². The van der Waals surface area contributed by atoms with Gasteiger partial charge in [-0.3, -0.25) is 14.9 Å². The zero-order chi connectivity index (χ0) is 20.0. The molecule has 0 spiro atoms. The number of amides is 1. The summed E-state index contributed by atoms with van der Waals surface area (Å²) in [6, 6.07) is 6.83. The first-order chi connectivity index (χ1) is 12.9. The van der Waals surface area contributed by atoms with Crippen molar-refractivity contribution < 1.29 is 23.9 Å². The van der Waals surface area contributed by atoms with Gasteiger partial charge in [0.25, 0.3) is 11.6 Å². The van der Waals surface area contributed by atoms with Gasteiger partial charge in [0, 0.05) is 17.7 Å². The Labute approximate surface area is 159 Å². The molecule has 2 aromatic rings. The predicted octanol–water partition coefficient (Wildman–Crippen LogP) is 3.04. The molecule has 0 aliphatic rings. The number of carbonyl (C=O) groups is 1. The highest BCUT2D eigenvalue weighted by Crippen LogP contribution is 2.37. The van der Waals surface area contributed by atoms with Crippen LogP contribution in [0.2, 0.25) is 5.02 Å². The molecule has 0 aliphatic carbocycles. The number of hydrazone groups is 1. The fourth-order valence-electron chi connectivity index (χ4n) is 2.20. The summed E-state index contributed by atoms with van der Waals surface area (Å²) < 4.78 is 15.7. The first kappa shape index (κ1) is 20.0. The summed E-state index contributed by atoms with van der Waals surface area (Å²) >= 11 is 5.91. The minimum absolute atomic E-state index is 0.0512. The summed E-state index contributed by atoms with van der Waals surface area (Å²) in [5, 5.41) is 14.5. The number of nitro groups is 1. The Balaban J connectivity index is 2.18. The molecule has 0 aliphatic heterocycles. The summed E-state index contributed by atoms with van der Waals surface area (Å²) in [5.41, 5.74) is 2.74. The van der Waals surface area contributed by atoms with Crippen LogP contribution in [0, 0.1) is 10.1 Å². The average molecular weight is 394 g/mol. The van der Waals surface area contributed by atoms with Crippen molar-refractivity contribution in [2.45, 2.75) is 0 Å². The molecule has 0 saturated heterocycles. The molecule has 9 nitrogen and oxygen atoms in total. The van der Waals surface area contributed by atoms with E-state index in [0.29, 0.717) is 22.8 Å². The molecule has 1 N–H and O–H groups in total. The third kappa shape index (κ3) is 4.64. The number of carbonyl (C=O) groups excluding carboxylic acids is 1. The summed E-state index contributed by atoms with van der Waals surface area (Å²) in [7, 11) is 4.45. The highest BCUT2D eigenvalue weighted by atomic mass is 35.5. The molecule has 0 heterocycles. The van der Waals surface area contributed by atoms with E-state index in [1.54, 1.807) is 12.1 Å². The van der Waals surface area contributed by atoms with Crippen molar-refractivity contribution >= 4 is 29.4 Å². The smallest absolute Gasteiger partial charge is 0.272 e. The summed E-state index contributed by atoms with van der Waals surface area (Å²) in [4.78, 5) is 22.2. The largest absolute Gasteiger partial charge is 0.493 e. The molecular formula is C17H16ClN3O6. The fourth-order valence-corrected chi connectivity index (χ4v) is 2.46. The van der Waals surface area contributed by atoms with Crippen LogP contribution in [0.4, 0.5) is 5.69 Å². The number of nitrogens with one attached hydrogen (secondary N) is 1. The van der Waals surface area contributed by atoms with Crippen LogP contribution in [-0.2, 0) is 0 Å². The number of hydrogen-bond acceptors (Lipinski definition) is 7. The molecule has 2 aromatic carbocycles. The van der Waals surface area contributed by atoms with Gasteiger partial charge in [0.15, 0.2) is 11.5 Å². The van der Waals surface area contributed by atoms with Gasteiger partial charge in [-0.2, -0.15) is 5.10 Å². The topological polar surface area (TPSA) is 112 Å². The molecular weight excluding hydrogens is 378 g/mol. The van der Waals surface area contributed by atoms with Crippen molar-refractivity contribution in [3.63, 3.8) is 0 Å². The predicted molar refractivity (Wildman–Crippen MR) is 99.3 cm³/mol. The van der Waals surface area contributed by atoms with Crippen molar-refractivity contribution in [1.29, 1.82) is 0 Å². The maximum atomic E-state index is 12.1. The van der Waals surface area contributed by atoms with Crippen molar-refractivity contribution in [2.24, 2.45) is 5.10 Å². The molecule has 0 atom stereocenters. The summed E-state index contributed by atoms with van der Waals surface area (Å²) in [5.74, 6) is 0.684. The lowest BCUT2D eigenvalue weighted by atomic mass is 10.2. The van der Waals surface area contributed by atoms with Gasteiger partial charge in [-0.25, -0.2) is 5.43 Å². The molecule has 0 saturated carbocycles. The third-order valence-corrected chi connectivity index (χ3v) is 3.79. The number of non-ortho nitro benzene ring substituents is 1. The van der Waals surface area contributed by atoms with Crippen molar-refractivity contribution in [1.82, 2.24) is 5.43 Å². The first-order valence-corrected chi connectivity index (χ1v) is 7.86. The van der Waals surface area contributed by atoms with E-state index in [9.17, 15) is 14.9 Å². The van der Waals surface area contributed by atoms with Crippen molar-refractivity contribution in [2.75, 3.05) is 21.3 Å². The lowest BCUT2D eigenvalue weighted by molar-refractivity contribution is -0.384. The van der Waals surface area contributed by atoms with E-state index < -0.39 is 10.8 Å². The van der Waals surface area contributed by atoms with E-state index >= 15 is 0 Å². The summed E-state index contributed by atoms with van der Waals surface area (Å²) in [6.07, 6.45) is 1.38. The van der Waals surface area contributed by atoms with Crippen LogP contribution in [0.1, 0.15) is 15.9 Å². The Morgan fingerprint density at radius 1 is 1.15 bits per heavy atom. The van der Waals surface area contributed by atoms with E-state index in [1.165, 1.54) is 39.7 Å². The highest BCUT2D eigenvalue weighted by Gasteiger charge is 2.15. The third-order valence-electron chi connectivity index (χ3n) is 3.47. The molecule has 27 heavy (non-hydrogen) atoms. The van der Waals surface area contributed by atoms with Crippen LogP contribution in [0.5, 0.6) is 17.2 Å². The average Bonchev–Trinajstić information content (AvgIpc) is 2.66. The molecule has 0 fully saturated rings. The highest BCUT2D eigenvalue weighted by molar-refractivity contribution is 6.34.